The molecule has 1 saturated carbocycles. The van der Waals surface area contributed by atoms with Crippen molar-refractivity contribution in [3.05, 3.63) is 39.2 Å². The van der Waals surface area contributed by atoms with Gasteiger partial charge in [-0.15, -0.1) is 0 Å². The first-order valence-corrected chi connectivity index (χ1v) is 14.2. The van der Waals surface area contributed by atoms with Crippen molar-refractivity contribution in [1.82, 2.24) is 9.80 Å². The Morgan fingerprint density at radius 2 is 1.97 bits per heavy atom. The second-order valence-electron chi connectivity index (χ2n) is 10.1. The van der Waals surface area contributed by atoms with Crippen LogP contribution < -0.4 is 10.5 Å². The fourth-order valence-electron chi connectivity index (χ4n) is 5.56. The lowest BCUT2D eigenvalue weighted by Crippen LogP contribution is -2.64. The Morgan fingerprint density at radius 3 is 2.62 bits per heavy atom. The molecular formula is C26H32BrN3O6S. The van der Waals surface area contributed by atoms with Crippen molar-refractivity contribution in [3.8, 4) is 5.75 Å². The van der Waals surface area contributed by atoms with Crippen molar-refractivity contribution in [2.75, 3.05) is 26.9 Å². The summed E-state index contributed by atoms with van der Waals surface area (Å²) in [5.41, 5.74) is 6.42. The van der Waals surface area contributed by atoms with Crippen LogP contribution in [0.2, 0.25) is 0 Å². The lowest BCUT2D eigenvalue weighted by molar-refractivity contribution is -0.140. The highest BCUT2D eigenvalue weighted by molar-refractivity contribution is 9.14. The monoisotopic (exact) mass is 593 g/mol. The third-order valence-corrected chi connectivity index (χ3v) is 10.2. The molecule has 2 N–H and O–H groups in total. The highest BCUT2D eigenvalue weighted by Crippen LogP contribution is 2.54. The van der Waals surface area contributed by atoms with Crippen molar-refractivity contribution in [2.45, 2.75) is 62.1 Å². The molecule has 4 amide bonds. The lowest BCUT2D eigenvalue weighted by Gasteiger charge is -2.46. The third kappa shape index (κ3) is 5.03. The number of amides is 4. The number of rotatable bonds is 9. The number of para-hydroxylation sites is 1. The van der Waals surface area contributed by atoms with Crippen LogP contribution in [0.3, 0.4) is 0 Å². The first kappa shape index (κ1) is 26.5. The second kappa shape index (κ2) is 10.6. The maximum Gasteiger partial charge on any atom is 0.328 e. The summed E-state index contributed by atoms with van der Waals surface area (Å²) in [4.78, 5) is 42.8. The molecule has 37 heavy (non-hydrogen) atoms. The SMILES string of the molecule is COc1ccccc1[C@H](CN1C(=O)N(C2(CC(N)=O)CC2)C(=O)C2C(C)=C(Br)SC21)OC1CCOCC1. The zero-order chi connectivity index (χ0) is 26.3. The predicted octanol–water partition coefficient (Wildman–Crippen LogP) is 3.92. The van der Waals surface area contributed by atoms with Crippen LogP contribution in [0.25, 0.3) is 0 Å². The largest absolute Gasteiger partial charge is 0.496 e. The molecule has 3 fully saturated rings. The number of carbonyl (C=O) groups is 3. The number of ether oxygens (including phenoxy) is 3. The number of hydrogen-bond acceptors (Lipinski definition) is 7. The summed E-state index contributed by atoms with van der Waals surface area (Å²) in [5.74, 6) is -0.612. The van der Waals surface area contributed by atoms with Crippen LogP contribution >= 0.6 is 27.7 Å². The van der Waals surface area contributed by atoms with E-state index in [2.05, 4.69) is 15.9 Å². The molecule has 5 rings (SSSR count). The van der Waals surface area contributed by atoms with Gasteiger partial charge in [0, 0.05) is 18.8 Å². The van der Waals surface area contributed by atoms with E-state index in [9.17, 15) is 14.4 Å². The second-order valence-corrected chi connectivity index (χ2v) is 12.5. The zero-order valence-electron chi connectivity index (χ0n) is 21.0. The average Bonchev–Trinajstić information content (AvgIpc) is 3.57. The van der Waals surface area contributed by atoms with Gasteiger partial charge in [-0.05, 0) is 60.2 Å². The summed E-state index contributed by atoms with van der Waals surface area (Å²) < 4.78 is 18.7. The molecule has 0 aromatic heterocycles. The van der Waals surface area contributed by atoms with Crippen LogP contribution in [0.5, 0.6) is 5.75 Å². The first-order valence-electron chi connectivity index (χ1n) is 12.6. The molecule has 1 aromatic rings. The van der Waals surface area contributed by atoms with Crippen LogP contribution in [0.1, 0.15) is 50.7 Å². The average molecular weight is 595 g/mol. The zero-order valence-corrected chi connectivity index (χ0v) is 23.4. The van der Waals surface area contributed by atoms with Gasteiger partial charge < -0.3 is 24.8 Å². The number of hydrogen-bond donors (Lipinski definition) is 1. The van der Waals surface area contributed by atoms with Crippen LogP contribution in [-0.2, 0) is 19.1 Å². The van der Waals surface area contributed by atoms with Gasteiger partial charge in [0.25, 0.3) is 0 Å². The summed E-state index contributed by atoms with van der Waals surface area (Å²) in [7, 11) is 1.62. The van der Waals surface area contributed by atoms with E-state index in [0.717, 1.165) is 27.8 Å². The molecule has 0 radical (unpaired) electrons. The van der Waals surface area contributed by atoms with Gasteiger partial charge in [-0.25, -0.2) is 4.79 Å². The van der Waals surface area contributed by atoms with E-state index in [4.69, 9.17) is 19.9 Å². The fraction of sp³-hybridized carbons (Fsp3) is 0.577. The van der Waals surface area contributed by atoms with Gasteiger partial charge in [0.05, 0.1) is 41.5 Å². The number of halogens is 1. The Hall–Kier alpha value is -2.08. The highest BCUT2D eigenvalue weighted by Gasteiger charge is 2.61. The van der Waals surface area contributed by atoms with Gasteiger partial charge >= 0.3 is 6.03 Å². The first-order chi connectivity index (χ1) is 17.8. The summed E-state index contributed by atoms with van der Waals surface area (Å²) >= 11 is 5.07. The molecule has 2 unspecified atom stereocenters. The molecule has 3 aliphatic heterocycles. The number of fused-ring (bicyclic) bond motifs is 1. The number of urea groups is 1. The molecule has 200 valence electrons. The summed E-state index contributed by atoms with van der Waals surface area (Å²) in [6.45, 7) is 3.39. The molecule has 0 spiro atoms. The van der Waals surface area contributed by atoms with Crippen molar-refractivity contribution in [3.63, 3.8) is 0 Å². The van der Waals surface area contributed by atoms with Crippen molar-refractivity contribution in [2.24, 2.45) is 11.7 Å². The van der Waals surface area contributed by atoms with Crippen molar-refractivity contribution < 1.29 is 28.6 Å². The van der Waals surface area contributed by atoms with E-state index in [-0.39, 0.29) is 25.0 Å². The van der Waals surface area contributed by atoms with E-state index in [0.29, 0.717) is 31.8 Å². The molecule has 0 bridgehead atoms. The molecule has 9 nitrogen and oxygen atoms in total. The van der Waals surface area contributed by atoms with E-state index in [1.54, 1.807) is 12.0 Å². The Morgan fingerprint density at radius 1 is 1.27 bits per heavy atom. The highest BCUT2D eigenvalue weighted by atomic mass is 79.9. The van der Waals surface area contributed by atoms with Crippen LogP contribution in [0, 0.1) is 5.92 Å². The van der Waals surface area contributed by atoms with Gasteiger partial charge in [0.2, 0.25) is 11.8 Å². The standard InChI is InChI=1S/C26H32BrN3O6S/c1-15-21-23(32)30(26(9-10-26)13-20(28)31)25(33)29(24(21)37-22(15)27)14-19(36-16-7-11-35-12-8-16)17-5-3-4-6-18(17)34-2/h3-6,16,19,21,24H,7-14H2,1-2H3,(H2,28,31)/t19-,21?,24?/m0/s1. The van der Waals surface area contributed by atoms with Crippen molar-refractivity contribution >= 4 is 45.5 Å². The number of methoxy groups -OCH3 is 1. The number of benzene rings is 1. The number of primary amides is 1. The van der Waals surface area contributed by atoms with Gasteiger partial charge in [0.15, 0.2) is 0 Å². The van der Waals surface area contributed by atoms with Crippen LogP contribution in [-0.4, -0.2) is 71.5 Å². The normalized spacial score (nSPS) is 26.4. The topological polar surface area (TPSA) is 111 Å². The van der Waals surface area contributed by atoms with Crippen LogP contribution in [0.15, 0.2) is 33.7 Å². The Balaban J connectivity index is 1.51. The molecular weight excluding hydrogens is 562 g/mol. The molecule has 2 saturated heterocycles. The minimum absolute atomic E-state index is 0.0236. The van der Waals surface area contributed by atoms with Crippen molar-refractivity contribution in [1.29, 1.82) is 0 Å². The molecule has 3 heterocycles. The Kier molecular flexibility index (Phi) is 7.59. The Labute approximate surface area is 229 Å². The summed E-state index contributed by atoms with van der Waals surface area (Å²) in [5, 5.41) is -0.412. The Bertz CT molecular complexity index is 1120. The van der Waals surface area contributed by atoms with E-state index >= 15 is 0 Å². The van der Waals surface area contributed by atoms with Gasteiger partial charge in [-0.1, -0.05) is 30.0 Å². The smallest absolute Gasteiger partial charge is 0.328 e. The lowest BCUT2D eigenvalue weighted by atomic mass is 9.94. The van der Waals surface area contributed by atoms with Gasteiger partial charge in [0.1, 0.15) is 17.2 Å². The van der Waals surface area contributed by atoms with E-state index in [1.807, 2.05) is 31.2 Å². The molecule has 11 heteroatoms. The van der Waals surface area contributed by atoms with Crippen LogP contribution in [0.4, 0.5) is 4.79 Å². The maximum atomic E-state index is 14.1. The van der Waals surface area contributed by atoms with E-state index in [1.165, 1.54) is 16.7 Å². The van der Waals surface area contributed by atoms with Gasteiger partial charge in [-0.2, -0.15) is 0 Å². The molecule has 1 aliphatic carbocycles. The number of carbonyl (C=O) groups excluding carboxylic acids is 3. The van der Waals surface area contributed by atoms with Gasteiger partial charge in [-0.3, -0.25) is 14.5 Å². The number of thioether (sulfide) groups is 1. The quantitative estimate of drug-likeness (QED) is 0.462. The van der Waals surface area contributed by atoms with E-state index < -0.39 is 34.9 Å². The summed E-state index contributed by atoms with van der Waals surface area (Å²) in [6, 6.07) is 7.25. The number of nitrogens with zero attached hydrogens (tertiary/aromatic N) is 2. The summed E-state index contributed by atoms with van der Waals surface area (Å²) in [6.07, 6.45) is 2.14. The number of nitrogens with two attached hydrogens (primary N) is 1. The minimum atomic E-state index is -0.843. The molecule has 4 aliphatic rings. The third-order valence-electron chi connectivity index (χ3n) is 7.69. The number of imide groups is 1. The predicted molar refractivity (Wildman–Crippen MR) is 142 cm³/mol. The fourth-order valence-corrected chi connectivity index (χ4v) is 7.67. The molecule has 3 atom stereocenters. The maximum absolute atomic E-state index is 14.1. The minimum Gasteiger partial charge on any atom is -0.496 e. The molecule has 1 aromatic carbocycles.